The van der Waals surface area contributed by atoms with E-state index in [4.69, 9.17) is 9.47 Å². The van der Waals surface area contributed by atoms with Crippen LogP contribution in [-0.4, -0.2) is 58.6 Å². The summed E-state index contributed by atoms with van der Waals surface area (Å²) in [6.07, 6.45) is 2.61. The van der Waals surface area contributed by atoms with Gasteiger partial charge in [0.1, 0.15) is 5.82 Å². The van der Waals surface area contributed by atoms with Crippen LogP contribution in [0.3, 0.4) is 0 Å². The van der Waals surface area contributed by atoms with E-state index in [1.54, 1.807) is 0 Å². The summed E-state index contributed by atoms with van der Waals surface area (Å²) in [7, 11) is 0. The molecule has 1 N–H and O–H groups in total. The zero-order valence-corrected chi connectivity index (χ0v) is 16.2. The van der Waals surface area contributed by atoms with Crippen molar-refractivity contribution < 1.29 is 14.3 Å². The molecule has 1 aliphatic carbocycles. The molecule has 1 atom stereocenters. The van der Waals surface area contributed by atoms with E-state index in [9.17, 15) is 4.79 Å². The van der Waals surface area contributed by atoms with Gasteiger partial charge in [0.05, 0.1) is 5.69 Å². The first-order valence-electron chi connectivity index (χ1n) is 10.1. The van der Waals surface area contributed by atoms with Gasteiger partial charge in [0.25, 0.3) is 0 Å². The van der Waals surface area contributed by atoms with Crippen molar-refractivity contribution in [2.75, 3.05) is 33.0 Å². The minimum absolute atomic E-state index is 0.0905. The van der Waals surface area contributed by atoms with E-state index in [0.717, 1.165) is 80.7 Å². The lowest BCUT2D eigenvalue weighted by molar-refractivity contribution is -0.137. The molecule has 2 aromatic rings. The molecule has 2 aliphatic heterocycles. The van der Waals surface area contributed by atoms with Crippen LogP contribution in [-0.2, 0) is 24.2 Å². The molecule has 0 radical (unpaired) electrons. The van der Waals surface area contributed by atoms with Crippen molar-refractivity contribution in [3.8, 4) is 11.5 Å². The molecule has 0 saturated carbocycles. The number of nitrogens with one attached hydrogen (secondary N) is 1. The Balaban J connectivity index is 1.15. The highest BCUT2D eigenvalue weighted by atomic mass is 16.7. The second-order valence-electron chi connectivity index (χ2n) is 7.98. The molecule has 7 heteroatoms. The van der Waals surface area contributed by atoms with Crippen LogP contribution < -0.4 is 9.47 Å². The highest BCUT2D eigenvalue weighted by Crippen LogP contribution is 2.33. The lowest BCUT2D eigenvalue weighted by atomic mass is 9.88. The molecule has 148 valence electrons. The summed E-state index contributed by atoms with van der Waals surface area (Å²) in [5.74, 6) is 3.00. The fourth-order valence-corrected chi connectivity index (χ4v) is 4.52. The van der Waals surface area contributed by atoms with Crippen LogP contribution in [0.25, 0.3) is 0 Å². The zero-order valence-electron chi connectivity index (χ0n) is 16.2. The number of nitrogens with zero attached hydrogens (tertiary/aromatic N) is 3. The molecule has 28 heavy (non-hydrogen) atoms. The molecule has 1 unspecified atom stereocenters. The maximum atomic E-state index is 13.0. The molecule has 3 heterocycles. The van der Waals surface area contributed by atoms with Crippen molar-refractivity contribution in [1.82, 2.24) is 19.8 Å². The molecular formula is C21H26N4O3. The Kier molecular flexibility index (Phi) is 4.47. The Labute approximate surface area is 164 Å². The average Bonchev–Trinajstić information content (AvgIpc) is 3.32. The number of rotatable bonds is 3. The van der Waals surface area contributed by atoms with Gasteiger partial charge in [-0.3, -0.25) is 9.69 Å². The zero-order chi connectivity index (χ0) is 19.1. The molecule has 1 saturated heterocycles. The summed E-state index contributed by atoms with van der Waals surface area (Å²) < 4.78 is 10.8. The first-order chi connectivity index (χ1) is 13.7. The fourth-order valence-electron chi connectivity index (χ4n) is 4.52. The molecule has 1 fully saturated rings. The van der Waals surface area contributed by atoms with Crippen LogP contribution in [0, 0.1) is 12.8 Å². The van der Waals surface area contributed by atoms with Gasteiger partial charge in [0.2, 0.25) is 12.7 Å². The summed E-state index contributed by atoms with van der Waals surface area (Å²) in [6, 6.07) is 6.13. The summed E-state index contributed by atoms with van der Waals surface area (Å²) in [6.45, 7) is 6.57. The van der Waals surface area contributed by atoms with Gasteiger partial charge in [0, 0.05) is 50.8 Å². The van der Waals surface area contributed by atoms with Gasteiger partial charge in [-0.1, -0.05) is 6.07 Å². The number of piperazine rings is 1. The minimum Gasteiger partial charge on any atom is -0.454 e. The van der Waals surface area contributed by atoms with Gasteiger partial charge in [-0.05, 0) is 37.5 Å². The Hall–Kier alpha value is -2.54. The minimum atomic E-state index is 0.0905. The summed E-state index contributed by atoms with van der Waals surface area (Å²) >= 11 is 0. The molecule has 1 aromatic heterocycles. The number of carbonyl (C=O) groups is 1. The lowest BCUT2D eigenvalue weighted by Crippen LogP contribution is -2.50. The number of hydrogen-bond donors (Lipinski definition) is 1. The van der Waals surface area contributed by atoms with Gasteiger partial charge in [0.15, 0.2) is 11.5 Å². The standard InChI is InChI=1S/C21H26N4O3/c1-14-22-17-4-3-16(11-18(17)23-14)21(26)25-8-6-24(7-9-25)12-15-2-5-19-20(10-15)28-13-27-19/h2,5,10,16H,3-4,6-9,11-13H2,1H3,(H,22,23). The molecule has 1 aromatic carbocycles. The van der Waals surface area contributed by atoms with E-state index in [0.29, 0.717) is 12.7 Å². The van der Waals surface area contributed by atoms with Crippen molar-refractivity contribution in [2.45, 2.75) is 32.7 Å². The van der Waals surface area contributed by atoms with Crippen LogP contribution in [0.1, 0.15) is 29.2 Å². The number of hydrogen-bond acceptors (Lipinski definition) is 5. The lowest BCUT2D eigenvalue weighted by Gasteiger charge is -2.37. The second-order valence-corrected chi connectivity index (χ2v) is 7.98. The largest absolute Gasteiger partial charge is 0.454 e. The SMILES string of the molecule is Cc1nc2c([nH]1)CC(C(=O)N1CCN(Cc3ccc4c(c3)OCO4)CC1)CC2. The first-order valence-corrected chi connectivity index (χ1v) is 10.1. The number of imidazole rings is 1. The number of fused-ring (bicyclic) bond motifs is 2. The second kappa shape index (κ2) is 7.13. The third-order valence-corrected chi connectivity index (χ3v) is 6.04. The van der Waals surface area contributed by atoms with Crippen LogP contribution in [0.5, 0.6) is 11.5 Å². The molecular weight excluding hydrogens is 356 g/mol. The third kappa shape index (κ3) is 3.35. The number of aromatic nitrogens is 2. The quantitative estimate of drug-likeness (QED) is 0.878. The van der Waals surface area contributed by atoms with Crippen molar-refractivity contribution in [3.63, 3.8) is 0 Å². The molecule has 0 spiro atoms. The summed E-state index contributed by atoms with van der Waals surface area (Å²) in [5.41, 5.74) is 3.53. The van der Waals surface area contributed by atoms with Crippen LogP contribution in [0.4, 0.5) is 0 Å². The number of H-pyrrole nitrogens is 1. The Morgan fingerprint density at radius 3 is 2.89 bits per heavy atom. The van der Waals surface area contributed by atoms with Gasteiger partial charge < -0.3 is 19.4 Å². The van der Waals surface area contributed by atoms with Gasteiger partial charge in [-0.2, -0.15) is 0 Å². The molecule has 5 rings (SSSR count). The molecule has 0 bridgehead atoms. The smallest absolute Gasteiger partial charge is 0.231 e. The maximum Gasteiger partial charge on any atom is 0.231 e. The topological polar surface area (TPSA) is 70.7 Å². The summed E-state index contributed by atoms with van der Waals surface area (Å²) in [4.78, 5) is 25.3. The number of benzene rings is 1. The van der Waals surface area contributed by atoms with E-state index < -0.39 is 0 Å². The normalized spacial score (nSPS) is 21.6. The van der Waals surface area contributed by atoms with E-state index in [1.807, 2.05) is 13.0 Å². The number of amides is 1. The van der Waals surface area contributed by atoms with E-state index >= 15 is 0 Å². The predicted molar refractivity (Wildman–Crippen MR) is 103 cm³/mol. The van der Waals surface area contributed by atoms with Gasteiger partial charge in [-0.25, -0.2) is 4.98 Å². The van der Waals surface area contributed by atoms with Crippen LogP contribution in [0.15, 0.2) is 18.2 Å². The van der Waals surface area contributed by atoms with E-state index in [-0.39, 0.29) is 5.92 Å². The first kappa shape index (κ1) is 17.6. The Morgan fingerprint density at radius 1 is 1.21 bits per heavy atom. The van der Waals surface area contributed by atoms with Crippen molar-refractivity contribution in [1.29, 1.82) is 0 Å². The van der Waals surface area contributed by atoms with Crippen molar-refractivity contribution >= 4 is 5.91 Å². The Morgan fingerprint density at radius 2 is 2.04 bits per heavy atom. The number of carbonyl (C=O) groups excluding carboxylic acids is 1. The fraction of sp³-hybridized carbons (Fsp3) is 0.524. The third-order valence-electron chi connectivity index (χ3n) is 6.04. The van der Waals surface area contributed by atoms with Gasteiger partial charge in [-0.15, -0.1) is 0 Å². The van der Waals surface area contributed by atoms with Crippen LogP contribution in [0.2, 0.25) is 0 Å². The average molecular weight is 382 g/mol. The maximum absolute atomic E-state index is 13.0. The van der Waals surface area contributed by atoms with E-state index in [2.05, 4.69) is 31.9 Å². The highest BCUT2D eigenvalue weighted by molar-refractivity contribution is 5.79. The number of aryl methyl sites for hydroxylation is 2. The van der Waals surface area contributed by atoms with Crippen LogP contribution >= 0.6 is 0 Å². The molecule has 7 nitrogen and oxygen atoms in total. The Bertz CT molecular complexity index is 886. The summed E-state index contributed by atoms with van der Waals surface area (Å²) in [5, 5.41) is 0. The molecule has 3 aliphatic rings. The van der Waals surface area contributed by atoms with Crippen molar-refractivity contribution in [2.24, 2.45) is 5.92 Å². The number of ether oxygens (including phenoxy) is 2. The predicted octanol–water partition coefficient (Wildman–Crippen LogP) is 1.90. The van der Waals surface area contributed by atoms with E-state index in [1.165, 1.54) is 5.56 Å². The monoisotopic (exact) mass is 382 g/mol. The van der Waals surface area contributed by atoms with Crippen molar-refractivity contribution in [3.05, 3.63) is 41.0 Å². The number of aromatic amines is 1. The molecule has 1 amide bonds. The van der Waals surface area contributed by atoms with Gasteiger partial charge >= 0.3 is 0 Å². The highest BCUT2D eigenvalue weighted by Gasteiger charge is 2.31.